The summed E-state index contributed by atoms with van der Waals surface area (Å²) in [6, 6.07) is 3.53. The quantitative estimate of drug-likeness (QED) is 0.764. The summed E-state index contributed by atoms with van der Waals surface area (Å²) in [5.41, 5.74) is 0.886. The van der Waals surface area contributed by atoms with E-state index in [1.165, 1.54) is 0 Å². The highest BCUT2D eigenvalue weighted by Crippen LogP contribution is 2.12. The van der Waals surface area contributed by atoms with Crippen LogP contribution in [0.5, 0.6) is 0 Å². The average molecular weight is 203 g/mol. The lowest BCUT2D eigenvalue weighted by molar-refractivity contribution is 1.27. The molecule has 64 valence electrons. The second-order valence-corrected chi connectivity index (χ2v) is 3.16. The van der Waals surface area contributed by atoms with Gasteiger partial charge in [0, 0.05) is 16.9 Å². The maximum atomic E-state index is 5.65. The third-order valence-corrected chi connectivity index (χ3v) is 1.55. The van der Waals surface area contributed by atoms with Gasteiger partial charge in [-0.05, 0) is 12.1 Å². The number of halogens is 2. The van der Waals surface area contributed by atoms with Crippen molar-refractivity contribution in [3.8, 4) is 0 Å². The van der Waals surface area contributed by atoms with Crippen LogP contribution in [0.1, 0.15) is 0 Å². The van der Waals surface area contributed by atoms with Crippen LogP contribution in [0, 0.1) is 0 Å². The van der Waals surface area contributed by atoms with Crippen molar-refractivity contribution in [2.75, 3.05) is 11.9 Å². The summed E-state index contributed by atoms with van der Waals surface area (Å²) in [5, 5.41) is 4.05. The van der Waals surface area contributed by atoms with Gasteiger partial charge in [0.15, 0.2) is 0 Å². The van der Waals surface area contributed by atoms with Crippen LogP contribution in [0.25, 0.3) is 0 Å². The van der Waals surface area contributed by atoms with E-state index in [-0.39, 0.29) is 0 Å². The molecule has 1 aromatic rings. The van der Waals surface area contributed by atoms with Gasteiger partial charge in [-0.1, -0.05) is 29.8 Å². The topological polar surface area (TPSA) is 24.9 Å². The molecule has 0 aromatic carbocycles. The second kappa shape index (κ2) is 4.33. The molecule has 0 amide bonds. The largest absolute Gasteiger partial charge is 0.380 e. The molecule has 0 aliphatic carbocycles. The van der Waals surface area contributed by atoms with Gasteiger partial charge in [-0.3, -0.25) is 0 Å². The Morgan fingerprint density at radius 3 is 3.00 bits per heavy atom. The summed E-state index contributed by atoms with van der Waals surface area (Å²) >= 11 is 11.2. The molecule has 0 saturated carbocycles. The zero-order valence-electron chi connectivity index (χ0n) is 6.35. The Hall–Kier alpha value is -0.730. The van der Waals surface area contributed by atoms with E-state index < -0.39 is 0 Å². The van der Waals surface area contributed by atoms with E-state index in [9.17, 15) is 0 Å². The van der Waals surface area contributed by atoms with Gasteiger partial charge in [0.2, 0.25) is 0 Å². The third-order valence-electron chi connectivity index (χ3n) is 1.21. The molecule has 0 fully saturated rings. The highest BCUT2D eigenvalue weighted by Gasteiger charge is 1.93. The monoisotopic (exact) mass is 202 g/mol. The molecular weight excluding hydrogens is 195 g/mol. The molecule has 1 N–H and O–H groups in total. The van der Waals surface area contributed by atoms with Crippen LogP contribution >= 0.6 is 23.2 Å². The first-order valence-electron chi connectivity index (χ1n) is 3.37. The van der Waals surface area contributed by atoms with Gasteiger partial charge in [-0.2, -0.15) is 0 Å². The normalized spacial score (nSPS) is 9.50. The molecular formula is C8H8Cl2N2. The first kappa shape index (κ1) is 9.36. The van der Waals surface area contributed by atoms with Crippen LogP contribution in [0.3, 0.4) is 0 Å². The smallest absolute Gasteiger partial charge is 0.131 e. The molecule has 0 atom stereocenters. The van der Waals surface area contributed by atoms with Gasteiger partial charge < -0.3 is 5.32 Å². The summed E-state index contributed by atoms with van der Waals surface area (Å²) < 4.78 is 0. The van der Waals surface area contributed by atoms with Gasteiger partial charge in [0.05, 0.1) is 6.54 Å². The van der Waals surface area contributed by atoms with Crippen molar-refractivity contribution in [3.05, 3.63) is 35.1 Å². The molecule has 0 spiro atoms. The number of nitrogens with one attached hydrogen (secondary N) is 1. The van der Waals surface area contributed by atoms with Gasteiger partial charge in [-0.25, -0.2) is 4.98 Å². The molecule has 0 aliphatic heterocycles. The van der Waals surface area contributed by atoms with Crippen molar-refractivity contribution in [1.29, 1.82) is 0 Å². The fourth-order valence-electron chi connectivity index (χ4n) is 0.710. The van der Waals surface area contributed by atoms with E-state index in [1.807, 2.05) is 6.07 Å². The Morgan fingerprint density at radius 2 is 2.42 bits per heavy atom. The fraction of sp³-hybridized carbons (Fsp3) is 0.125. The summed E-state index contributed by atoms with van der Waals surface area (Å²) in [6.45, 7) is 4.08. The van der Waals surface area contributed by atoms with E-state index in [0.717, 1.165) is 5.69 Å². The van der Waals surface area contributed by atoms with Gasteiger partial charge in [0.25, 0.3) is 0 Å². The first-order valence-corrected chi connectivity index (χ1v) is 4.13. The number of hydrogen-bond acceptors (Lipinski definition) is 2. The predicted octanol–water partition coefficient (Wildman–Crippen LogP) is 2.90. The van der Waals surface area contributed by atoms with Crippen molar-refractivity contribution in [3.63, 3.8) is 0 Å². The molecule has 0 saturated heterocycles. The summed E-state index contributed by atoms with van der Waals surface area (Å²) in [7, 11) is 0. The maximum absolute atomic E-state index is 5.65. The summed E-state index contributed by atoms with van der Waals surface area (Å²) in [6.07, 6.45) is 1.63. The van der Waals surface area contributed by atoms with Crippen molar-refractivity contribution in [2.45, 2.75) is 0 Å². The summed E-state index contributed by atoms with van der Waals surface area (Å²) in [4.78, 5) is 3.84. The van der Waals surface area contributed by atoms with Crippen LogP contribution < -0.4 is 5.32 Å². The lowest BCUT2D eigenvalue weighted by Crippen LogP contribution is -2.00. The van der Waals surface area contributed by atoms with Gasteiger partial charge in [-0.15, -0.1) is 0 Å². The van der Waals surface area contributed by atoms with E-state index in [0.29, 0.717) is 16.7 Å². The minimum absolute atomic E-state index is 0.459. The number of pyridine rings is 1. The van der Waals surface area contributed by atoms with Gasteiger partial charge in [0.1, 0.15) is 5.15 Å². The van der Waals surface area contributed by atoms with E-state index in [4.69, 9.17) is 23.2 Å². The number of rotatable bonds is 3. The second-order valence-electron chi connectivity index (χ2n) is 2.24. The third kappa shape index (κ3) is 3.11. The van der Waals surface area contributed by atoms with Crippen LogP contribution in [-0.4, -0.2) is 11.5 Å². The fourth-order valence-corrected chi connectivity index (χ4v) is 0.951. The van der Waals surface area contributed by atoms with E-state index >= 15 is 0 Å². The number of anilines is 1. The molecule has 0 unspecified atom stereocenters. The standard InChI is InChI=1S/C8H8Cl2N2/c1-6(9)5-12-7-2-3-11-8(10)4-7/h2-4H,1,5H2,(H,11,12). The Kier molecular flexibility index (Phi) is 3.38. The molecule has 1 rings (SSSR count). The molecule has 1 heterocycles. The Bertz CT molecular complexity index is 286. The molecule has 0 aliphatic rings. The highest BCUT2D eigenvalue weighted by atomic mass is 35.5. The number of hydrogen-bond donors (Lipinski definition) is 1. The lowest BCUT2D eigenvalue weighted by atomic mass is 10.4. The molecule has 0 bridgehead atoms. The van der Waals surface area contributed by atoms with E-state index in [1.54, 1.807) is 12.3 Å². The Morgan fingerprint density at radius 1 is 1.67 bits per heavy atom. The minimum Gasteiger partial charge on any atom is -0.380 e. The van der Waals surface area contributed by atoms with Gasteiger partial charge >= 0.3 is 0 Å². The Balaban J connectivity index is 2.57. The minimum atomic E-state index is 0.459. The highest BCUT2D eigenvalue weighted by molar-refractivity contribution is 6.30. The zero-order chi connectivity index (χ0) is 8.97. The van der Waals surface area contributed by atoms with Crippen molar-refractivity contribution < 1.29 is 0 Å². The summed E-state index contributed by atoms with van der Waals surface area (Å²) in [5.74, 6) is 0. The first-order chi connectivity index (χ1) is 5.68. The molecule has 4 heteroatoms. The van der Waals surface area contributed by atoms with Crippen LogP contribution in [-0.2, 0) is 0 Å². The molecule has 12 heavy (non-hydrogen) atoms. The predicted molar refractivity (Wildman–Crippen MR) is 52.7 cm³/mol. The van der Waals surface area contributed by atoms with Crippen molar-refractivity contribution in [1.82, 2.24) is 4.98 Å². The maximum Gasteiger partial charge on any atom is 0.131 e. The zero-order valence-corrected chi connectivity index (χ0v) is 7.86. The lowest BCUT2D eigenvalue weighted by Gasteiger charge is -2.03. The SMILES string of the molecule is C=C(Cl)CNc1ccnc(Cl)c1. The van der Waals surface area contributed by atoms with Crippen LogP contribution in [0.15, 0.2) is 29.9 Å². The van der Waals surface area contributed by atoms with Crippen LogP contribution in [0.2, 0.25) is 5.15 Å². The average Bonchev–Trinajstić information content (AvgIpc) is 2.01. The molecule has 2 nitrogen and oxygen atoms in total. The Labute approximate surface area is 81.2 Å². The van der Waals surface area contributed by atoms with E-state index in [2.05, 4.69) is 16.9 Å². The molecule has 1 aromatic heterocycles. The van der Waals surface area contributed by atoms with Crippen molar-refractivity contribution in [2.24, 2.45) is 0 Å². The van der Waals surface area contributed by atoms with Crippen LogP contribution in [0.4, 0.5) is 5.69 Å². The van der Waals surface area contributed by atoms with Crippen molar-refractivity contribution >= 4 is 28.9 Å². The molecule has 0 radical (unpaired) electrons. The number of aromatic nitrogens is 1. The number of nitrogens with zero attached hydrogens (tertiary/aromatic N) is 1.